The lowest BCUT2D eigenvalue weighted by molar-refractivity contribution is -0.136. The molecular formula is C22H28N4O3. The molecule has 2 aliphatic rings. The van der Waals surface area contributed by atoms with Crippen LogP contribution in [0, 0.1) is 5.92 Å². The molecule has 7 heteroatoms. The van der Waals surface area contributed by atoms with Gasteiger partial charge in [-0.05, 0) is 37.3 Å². The van der Waals surface area contributed by atoms with E-state index in [0.29, 0.717) is 12.3 Å². The maximum atomic E-state index is 12.9. The van der Waals surface area contributed by atoms with Crippen LogP contribution in [-0.4, -0.2) is 45.9 Å². The summed E-state index contributed by atoms with van der Waals surface area (Å²) in [4.78, 5) is 42.4. The molecular weight excluding hydrogens is 368 g/mol. The first-order chi connectivity index (χ1) is 14.0. The molecule has 3 N–H and O–H groups in total. The van der Waals surface area contributed by atoms with E-state index in [0.717, 1.165) is 40.6 Å². The van der Waals surface area contributed by atoms with Gasteiger partial charge in [-0.2, -0.15) is 0 Å². The van der Waals surface area contributed by atoms with Gasteiger partial charge in [0.15, 0.2) is 0 Å². The van der Waals surface area contributed by atoms with Crippen LogP contribution in [0.3, 0.4) is 0 Å². The molecule has 0 spiro atoms. The number of amides is 4. The number of nitrogens with one attached hydrogen (secondary N) is 3. The lowest BCUT2D eigenvalue weighted by Crippen LogP contribution is -2.52. The lowest BCUT2D eigenvalue weighted by Gasteiger charge is -2.31. The number of aromatic amines is 1. The van der Waals surface area contributed by atoms with E-state index in [2.05, 4.69) is 22.5 Å². The van der Waals surface area contributed by atoms with Crippen LogP contribution < -0.4 is 10.6 Å². The fourth-order valence-electron chi connectivity index (χ4n) is 4.53. The predicted molar refractivity (Wildman–Crippen MR) is 110 cm³/mol. The van der Waals surface area contributed by atoms with Crippen molar-refractivity contribution >= 4 is 28.7 Å². The summed E-state index contributed by atoms with van der Waals surface area (Å²) < 4.78 is 0. The number of hydrogen-bond acceptors (Lipinski definition) is 3. The van der Waals surface area contributed by atoms with Crippen LogP contribution in [-0.2, 0) is 16.0 Å². The Hall–Kier alpha value is -2.83. The van der Waals surface area contributed by atoms with E-state index in [1.165, 1.54) is 6.42 Å². The van der Waals surface area contributed by atoms with E-state index < -0.39 is 18.1 Å². The first-order valence-corrected chi connectivity index (χ1v) is 10.4. The van der Waals surface area contributed by atoms with E-state index in [4.69, 9.17) is 0 Å². The zero-order valence-electron chi connectivity index (χ0n) is 16.9. The number of imide groups is 1. The van der Waals surface area contributed by atoms with Crippen molar-refractivity contribution in [2.75, 3.05) is 0 Å². The van der Waals surface area contributed by atoms with Crippen molar-refractivity contribution in [2.24, 2.45) is 5.92 Å². The fraction of sp³-hybridized carbons (Fsp3) is 0.500. The molecule has 7 nitrogen and oxygen atoms in total. The molecule has 29 heavy (non-hydrogen) atoms. The van der Waals surface area contributed by atoms with Crippen LogP contribution in [0.15, 0.2) is 30.5 Å². The molecule has 0 bridgehead atoms. The average molecular weight is 396 g/mol. The number of nitrogens with zero attached hydrogens (tertiary/aromatic N) is 1. The average Bonchev–Trinajstić information content (AvgIpc) is 3.24. The quantitative estimate of drug-likeness (QED) is 0.678. The molecule has 4 atom stereocenters. The van der Waals surface area contributed by atoms with Crippen molar-refractivity contribution in [2.45, 2.75) is 64.1 Å². The van der Waals surface area contributed by atoms with Crippen molar-refractivity contribution in [3.63, 3.8) is 0 Å². The van der Waals surface area contributed by atoms with Crippen molar-refractivity contribution < 1.29 is 14.4 Å². The lowest BCUT2D eigenvalue weighted by atomic mass is 9.86. The highest BCUT2D eigenvalue weighted by atomic mass is 16.2. The second-order valence-electron chi connectivity index (χ2n) is 8.33. The largest absolute Gasteiger partial charge is 0.361 e. The summed E-state index contributed by atoms with van der Waals surface area (Å²) in [6, 6.07) is 5.97. The van der Waals surface area contributed by atoms with Crippen LogP contribution in [0.4, 0.5) is 4.79 Å². The zero-order valence-corrected chi connectivity index (χ0v) is 16.9. The Morgan fingerprint density at radius 2 is 2.00 bits per heavy atom. The minimum atomic E-state index is -0.829. The van der Waals surface area contributed by atoms with Crippen LogP contribution in [0.25, 0.3) is 10.9 Å². The number of H-pyrrole nitrogens is 1. The first-order valence-electron chi connectivity index (χ1n) is 10.4. The highest BCUT2D eigenvalue weighted by molar-refractivity contribution is 6.07. The smallest absolute Gasteiger partial charge is 0.325 e. The minimum Gasteiger partial charge on any atom is -0.361 e. The molecule has 2 aromatic rings. The number of hydrogen-bond donors (Lipinski definition) is 3. The normalized spacial score (nSPS) is 25.9. The van der Waals surface area contributed by atoms with Gasteiger partial charge in [-0.15, -0.1) is 0 Å². The molecule has 1 aromatic heterocycles. The maximum Gasteiger partial charge on any atom is 0.325 e. The standard InChI is InChI=1S/C22H28N4O3/c1-13-7-3-5-9-17(13)24-20(27)14(2)26-21(28)19(25-22(26)29)11-15-12-23-18-10-6-4-8-16(15)18/h4,6,8,10,12-14,17,19,23H,3,5,7,9,11H2,1-2H3,(H,24,27)(H,25,29). The summed E-state index contributed by atoms with van der Waals surface area (Å²) in [7, 11) is 0. The van der Waals surface area contributed by atoms with Gasteiger partial charge in [0.2, 0.25) is 5.91 Å². The Morgan fingerprint density at radius 3 is 2.79 bits per heavy atom. The highest BCUT2D eigenvalue weighted by Crippen LogP contribution is 2.25. The van der Waals surface area contributed by atoms with Crippen molar-refractivity contribution in [3.05, 3.63) is 36.0 Å². The van der Waals surface area contributed by atoms with Gasteiger partial charge in [0.1, 0.15) is 12.1 Å². The number of para-hydroxylation sites is 1. The second kappa shape index (κ2) is 7.89. The van der Waals surface area contributed by atoms with E-state index in [9.17, 15) is 14.4 Å². The molecule has 1 saturated carbocycles. The third-order valence-electron chi connectivity index (χ3n) is 6.36. The van der Waals surface area contributed by atoms with Gasteiger partial charge in [0.05, 0.1) is 0 Å². The maximum absolute atomic E-state index is 12.9. The third-order valence-corrected chi connectivity index (χ3v) is 6.36. The van der Waals surface area contributed by atoms with Gasteiger partial charge < -0.3 is 15.6 Å². The molecule has 2 fully saturated rings. The van der Waals surface area contributed by atoms with Crippen LogP contribution in [0.1, 0.15) is 45.1 Å². The number of fused-ring (bicyclic) bond motifs is 1. The van der Waals surface area contributed by atoms with Crippen molar-refractivity contribution in [1.82, 2.24) is 20.5 Å². The van der Waals surface area contributed by atoms with E-state index >= 15 is 0 Å². The van der Waals surface area contributed by atoms with Gasteiger partial charge in [-0.1, -0.05) is 38.0 Å². The Bertz CT molecular complexity index is 937. The Morgan fingerprint density at radius 1 is 1.24 bits per heavy atom. The molecule has 4 rings (SSSR count). The van der Waals surface area contributed by atoms with Gasteiger partial charge >= 0.3 is 6.03 Å². The summed E-state index contributed by atoms with van der Waals surface area (Å²) in [5, 5.41) is 6.83. The molecule has 1 saturated heterocycles. The van der Waals surface area contributed by atoms with E-state index in [1.54, 1.807) is 6.92 Å². The van der Waals surface area contributed by atoms with Gasteiger partial charge in [-0.25, -0.2) is 4.79 Å². The predicted octanol–water partition coefficient (Wildman–Crippen LogP) is 2.71. The van der Waals surface area contributed by atoms with Gasteiger partial charge in [0.25, 0.3) is 5.91 Å². The highest BCUT2D eigenvalue weighted by Gasteiger charge is 2.43. The molecule has 4 amide bonds. The van der Waals surface area contributed by atoms with Gasteiger partial charge in [-0.3, -0.25) is 14.5 Å². The summed E-state index contributed by atoms with van der Waals surface area (Å²) in [5.41, 5.74) is 1.96. The summed E-state index contributed by atoms with van der Waals surface area (Å²) in [6.45, 7) is 3.76. The zero-order chi connectivity index (χ0) is 20.5. The fourth-order valence-corrected chi connectivity index (χ4v) is 4.53. The van der Waals surface area contributed by atoms with E-state index in [1.807, 2.05) is 30.5 Å². The van der Waals surface area contributed by atoms with Gasteiger partial charge in [0, 0.05) is 29.6 Å². The Labute approximate surface area is 170 Å². The SMILES string of the molecule is CC1CCCCC1NC(=O)C(C)N1C(=O)NC(Cc2c[nH]c3ccccc23)C1=O. The molecule has 1 aliphatic carbocycles. The molecule has 1 aliphatic heterocycles. The molecule has 0 radical (unpaired) electrons. The minimum absolute atomic E-state index is 0.112. The molecule has 154 valence electrons. The number of benzene rings is 1. The first kappa shape index (κ1) is 19.5. The summed E-state index contributed by atoms with van der Waals surface area (Å²) in [5.74, 6) is -0.197. The van der Waals surface area contributed by atoms with E-state index in [-0.39, 0.29) is 17.9 Å². The molecule has 1 aromatic carbocycles. The van der Waals surface area contributed by atoms with Crippen LogP contribution in [0.5, 0.6) is 0 Å². The number of rotatable bonds is 5. The second-order valence-corrected chi connectivity index (χ2v) is 8.33. The topological polar surface area (TPSA) is 94.3 Å². The number of carbonyl (C=O) groups excluding carboxylic acids is 3. The number of carbonyl (C=O) groups is 3. The van der Waals surface area contributed by atoms with Crippen molar-refractivity contribution in [3.8, 4) is 0 Å². The van der Waals surface area contributed by atoms with Crippen LogP contribution >= 0.6 is 0 Å². The third kappa shape index (κ3) is 3.73. The number of urea groups is 1. The monoisotopic (exact) mass is 396 g/mol. The number of aromatic nitrogens is 1. The Balaban J connectivity index is 1.44. The summed E-state index contributed by atoms with van der Waals surface area (Å²) >= 11 is 0. The van der Waals surface area contributed by atoms with Crippen LogP contribution in [0.2, 0.25) is 0 Å². The summed E-state index contributed by atoms with van der Waals surface area (Å²) in [6.07, 6.45) is 6.58. The molecule has 2 heterocycles. The molecule has 4 unspecified atom stereocenters. The van der Waals surface area contributed by atoms with Crippen molar-refractivity contribution in [1.29, 1.82) is 0 Å². The Kier molecular flexibility index (Phi) is 5.30.